The first kappa shape index (κ1) is 18.9. The van der Waals surface area contributed by atoms with Gasteiger partial charge in [0.25, 0.3) is 11.8 Å². The van der Waals surface area contributed by atoms with Gasteiger partial charge >= 0.3 is 0 Å². The van der Waals surface area contributed by atoms with Crippen molar-refractivity contribution in [2.75, 3.05) is 13.7 Å². The molecule has 2 amide bonds. The average molecular weight is 355 g/mol. The van der Waals surface area contributed by atoms with Crippen LogP contribution in [0.4, 0.5) is 4.39 Å². The average Bonchev–Trinajstić information content (AvgIpc) is 2.66. The maximum absolute atomic E-state index is 14.0. The van der Waals surface area contributed by atoms with E-state index in [2.05, 4.69) is 10.6 Å². The molecule has 0 radical (unpaired) electrons. The number of amides is 2. The molecule has 0 saturated carbocycles. The van der Waals surface area contributed by atoms with E-state index in [1.54, 1.807) is 31.2 Å². The minimum atomic E-state index is -0.569. The predicted octanol–water partition coefficient (Wildman–Crippen LogP) is 2.06. The van der Waals surface area contributed by atoms with Gasteiger partial charge in [-0.15, -0.1) is 0 Å². The molecule has 2 aromatic carbocycles. The Kier molecular flexibility index (Phi) is 6.28. The van der Waals surface area contributed by atoms with E-state index in [0.717, 1.165) is 0 Å². The number of likely N-dealkylation sites (N-methyl/N-ethyl adjacent to an activating group) is 1. The van der Waals surface area contributed by atoms with Crippen LogP contribution in [0.3, 0.4) is 0 Å². The Morgan fingerprint density at radius 3 is 2.73 bits per heavy atom. The summed E-state index contributed by atoms with van der Waals surface area (Å²) in [6, 6.07) is 11.2. The van der Waals surface area contributed by atoms with Crippen molar-refractivity contribution in [1.82, 2.24) is 10.6 Å². The predicted molar refractivity (Wildman–Crippen MR) is 93.0 cm³/mol. The number of halogens is 1. The lowest BCUT2D eigenvalue weighted by molar-refractivity contribution is -0.122. The van der Waals surface area contributed by atoms with E-state index >= 15 is 0 Å². The number of rotatable bonds is 6. The molecule has 0 heterocycles. The van der Waals surface area contributed by atoms with Crippen LogP contribution < -0.4 is 15.4 Å². The summed E-state index contributed by atoms with van der Waals surface area (Å²) < 4.78 is 19.5. The van der Waals surface area contributed by atoms with Gasteiger partial charge in [0.15, 0.2) is 6.61 Å². The van der Waals surface area contributed by atoms with Crippen molar-refractivity contribution in [3.63, 3.8) is 0 Å². The molecule has 0 spiro atoms. The Balaban J connectivity index is 2.15. The number of benzene rings is 2. The number of aryl methyl sites for hydroxylation is 1. The lowest BCUT2D eigenvalue weighted by Gasteiger charge is -2.13. The third-order valence-electron chi connectivity index (χ3n) is 3.71. The molecule has 7 heteroatoms. The van der Waals surface area contributed by atoms with Gasteiger partial charge in [-0.25, -0.2) is 4.39 Å². The molecule has 0 atom stereocenters. The fourth-order valence-electron chi connectivity index (χ4n) is 2.21. The van der Waals surface area contributed by atoms with Gasteiger partial charge in [-0.2, -0.15) is 5.26 Å². The molecule has 0 bridgehead atoms. The summed E-state index contributed by atoms with van der Waals surface area (Å²) in [7, 11) is 1.48. The second-order valence-corrected chi connectivity index (χ2v) is 5.52. The van der Waals surface area contributed by atoms with Crippen molar-refractivity contribution in [1.29, 1.82) is 5.26 Å². The topological polar surface area (TPSA) is 91.2 Å². The molecule has 6 nitrogen and oxygen atoms in total. The lowest BCUT2D eigenvalue weighted by Crippen LogP contribution is -2.26. The number of carbonyl (C=O) groups excluding carboxylic acids is 2. The van der Waals surface area contributed by atoms with Crippen molar-refractivity contribution in [3.05, 3.63) is 64.5 Å². The summed E-state index contributed by atoms with van der Waals surface area (Å²) in [5.41, 5.74) is 1.25. The fourth-order valence-corrected chi connectivity index (χ4v) is 2.21. The maximum Gasteiger partial charge on any atom is 0.257 e. The Morgan fingerprint density at radius 1 is 1.27 bits per heavy atom. The van der Waals surface area contributed by atoms with Crippen LogP contribution in [-0.2, 0) is 11.3 Å². The Labute approximate surface area is 150 Å². The molecule has 0 aliphatic rings. The number of nitrogens with zero attached hydrogens (tertiary/aromatic N) is 1. The molecule has 0 unspecified atom stereocenters. The van der Waals surface area contributed by atoms with Crippen molar-refractivity contribution >= 4 is 11.8 Å². The van der Waals surface area contributed by atoms with Gasteiger partial charge in [-0.3, -0.25) is 9.59 Å². The van der Waals surface area contributed by atoms with Gasteiger partial charge in [-0.1, -0.05) is 18.2 Å². The van der Waals surface area contributed by atoms with E-state index < -0.39 is 11.7 Å². The molecule has 2 aromatic rings. The molecule has 2 N–H and O–H groups in total. The largest absolute Gasteiger partial charge is 0.483 e. The Morgan fingerprint density at radius 2 is 2.04 bits per heavy atom. The van der Waals surface area contributed by atoms with E-state index in [9.17, 15) is 14.0 Å². The summed E-state index contributed by atoms with van der Waals surface area (Å²) in [5, 5.41) is 14.1. The van der Waals surface area contributed by atoms with Crippen LogP contribution >= 0.6 is 0 Å². The van der Waals surface area contributed by atoms with Gasteiger partial charge in [0.1, 0.15) is 11.6 Å². The van der Waals surface area contributed by atoms with Crippen LogP contribution in [0, 0.1) is 24.1 Å². The van der Waals surface area contributed by atoms with Crippen LogP contribution in [0.1, 0.15) is 27.0 Å². The van der Waals surface area contributed by atoms with Crippen molar-refractivity contribution in [2.24, 2.45) is 0 Å². The van der Waals surface area contributed by atoms with E-state index in [0.29, 0.717) is 22.4 Å². The molecule has 0 fully saturated rings. The van der Waals surface area contributed by atoms with Crippen LogP contribution in [-0.4, -0.2) is 25.5 Å². The number of ether oxygens (including phenoxy) is 1. The lowest BCUT2D eigenvalue weighted by atomic mass is 10.1. The van der Waals surface area contributed by atoms with E-state index in [1.807, 2.05) is 6.07 Å². The number of nitrogens with one attached hydrogen (secondary N) is 2. The summed E-state index contributed by atoms with van der Waals surface area (Å²) in [6.07, 6.45) is 0. The standard InChI is InChI=1S/C19H18FN3O3/c1-12-4-3-5-15(18(12)20)19(25)23-10-14-7-6-13(9-21)8-16(14)26-11-17(24)22-2/h3-8H,10-11H2,1-2H3,(H,22,24)(H,23,25). The second-order valence-electron chi connectivity index (χ2n) is 5.52. The number of hydrogen-bond donors (Lipinski definition) is 2. The summed E-state index contributed by atoms with van der Waals surface area (Å²) in [6.45, 7) is 1.41. The number of nitriles is 1. The molecule has 2 rings (SSSR count). The summed E-state index contributed by atoms with van der Waals surface area (Å²) in [4.78, 5) is 23.6. The molecule has 134 valence electrons. The van der Waals surface area contributed by atoms with E-state index in [-0.39, 0.29) is 24.6 Å². The zero-order valence-corrected chi connectivity index (χ0v) is 14.4. The zero-order chi connectivity index (χ0) is 19.1. The molecular weight excluding hydrogens is 337 g/mol. The first-order valence-corrected chi connectivity index (χ1v) is 7.86. The van der Waals surface area contributed by atoms with Crippen molar-refractivity contribution in [3.8, 4) is 11.8 Å². The van der Waals surface area contributed by atoms with Gasteiger partial charge in [-0.05, 0) is 30.7 Å². The monoisotopic (exact) mass is 355 g/mol. The highest BCUT2D eigenvalue weighted by molar-refractivity contribution is 5.94. The van der Waals surface area contributed by atoms with Crippen LogP contribution in [0.15, 0.2) is 36.4 Å². The minimum absolute atomic E-state index is 0.0496. The fraction of sp³-hybridized carbons (Fsp3) is 0.211. The first-order valence-electron chi connectivity index (χ1n) is 7.86. The van der Waals surface area contributed by atoms with Crippen LogP contribution in [0.25, 0.3) is 0 Å². The third-order valence-corrected chi connectivity index (χ3v) is 3.71. The van der Waals surface area contributed by atoms with Gasteiger partial charge in [0.2, 0.25) is 0 Å². The highest BCUT2D eigenvalue weighted by atomic mass is 19.1. The molecule has 26 heavy (non-hydrogen) atoms. The third kappa shape index (κ3) is 4.57. The Hall–Kier alpha value is -3.40. The molecule has 0 aliphatic heterocycles. The highest BCUT2D eigenvalue weighted by Crippen LogP contribution is 2.21. The number of hydrogen-bond acceptors (Lipinski definition) is 4. The summed E-state index contributed by atoms with van der Waals surface area (Å²) in [5.74, 6) is -1.16. The Bertz CT molecular complexity index is 875. The highest BCUT2D eigenvalue weighted by Gasteiger charge is 2.14. The molecule has 0 saturated heterocycles. The second kappa shape index (κ2) is 8.62. The van der Waals surface area contributed by atoms with Gasteiger partial charge in [0.05, 0.1) is 17.2 Å². The van der Waals surface area contributed by atoms with Crippen molar-refractivity contribution in [2.45, 2.75) is 13.5 Å². The number of carbonyl (C=O) groups is 2. The maximum atomic E-state index is 14.0. The molecule has 0 aliphatic carbocycles. The van der Waals surface area contributed by atoms with E-state index in [4.69, 9.17) is 10.00 Å². The van der Waals surface area contributed by atoms with Gasteiger partial charge < -0.3 is 15.4 Å². The van der Waals surface area contributed by atoms with Crippen LogP contribution in [0.5, 0.6) is 5.75 Å². The summed E-state index contributed by atoms with van der Waals surface area (Å²) >= 11 is 0. The normalized spacial score (nSPS) is 9.92. The van der Waals surface area contributed by atoms with Crippen molar-refractivity contribution < 1.29 is 18.7 Å². The zero-order valence-electron chi connectivity index (χ0n) is 14.4. The minimum Gasteiger partial charge on any atom is -0.483 e. The smallest absolute Gasteiger partial charge is 0.257 e. The molecule has 0 aromatic heterocycles. The van der Waals surface area contributed by atoms with E-state index in [1.165, 1.54) is 19.2 Å². The SMILES string of the molecule is CNC(=O)COc1cc(C#N)ccc1CNC(=O)c1cccc(C)c1F. The first-order chi connectivity index (χ1) is 12.5. The van der Waals surface area contributed by atoms with Gasteiger partial charge in [0, 0.05) is 19.2 Å². The molecular formula is C19H18FN3O3. The van der Waals surface area contributed by atoms with Crippen LogP contribution in [0.2, 0.25) is 0 Å². The quantitative estimate of drug-likeness (QED) is 0.830.